The lowest BCUT2D eigenvalue weighted by molar-refractivity contribution is -0.144. The van der Waals surface area contributed by atoms with Gasteiger partial charge in [0.25, 0.3) is 0 Å². The first kappa shape index (κ1) is 11.5. The Morgan fingerprint density at radius 1 is 1.64 bits per heavy atom. The summed E-state index contributed by atoms with van der Waals surface area (Å²) in [5.41, 5.74) is 0. The van der Waals surface area contributed by atoms with Gasteiger partial charge in [-0.2, -0.15) is 0 Å². The lowest BCUT2D eigenvalue weighted by atomic mass is 10.1. The van der Waals surface area contributed by atoms with Gasteiger partial charge in [0, 0.05) is 6.04 Å². The molecule has 82 valence electrons. The van der Waals surface area contributed by atoms with Gasteiger partial charge in [-0.15, -0.1) is 0 Å². The zero-order chi connectivity index (χ0) is 10.7. The van der Waals surface area contributed by atoms with Crippen molar-refractivity contribution in [2.75, 3.05) is 6.54 Å². The topological polar surface area (TPSA) is 60.8 Å². The molecule has 0 unspecified atom stereocenters. The molecule has 0 bridgehead atoms. The molecule has 0 saturated carbocycles. The summed E-state index contributed by atoms with van der Waals surface area (Å²) < 4.78 is 0. The SMILES string of the molecule is CC[C@H](C(=O)O)N1CCC[C@@H]1[C@@H](C)O. The molecule has 1 saturated heterocycles. The van der Waals surface area contributed by atoms with Crippen molar-refractivity contribution in [3.05, 3.63) is 0 Å². The molecule has 0 radical (unpaired) electrons. The number of carboxylic acids is 1. The number of carboxylic acid groups (broad SMARTS) is 1. The van der Waals surface area contributed by atoms with Crippen molar-refractivity contribution in [3.63, 3.8) is 0 Å². The molecular formula is C10H19NO3. The van der Waals surface area contributed by atoms with E-state index in [9.17, 15) is 9.90 Å². The van der Waals surface area contributed by atoms with E-state index < -0.39 is 18.1 Å². The molecule has 14 heavy (non-hydrogen) atoms. The van der Waals surface area contributed by atoms with Crippen LogP contribution in [0.3, 0.4) is 0 Å². The normalized spacial score (nSPS) is 27.5. The van der Waals surface area contributed by atoms with Crippen molar-refractivity contribution in [3.8, 4) is 0 Å². The minimum absolute atomic E-state index is 0.0241. The Hall–Kier alpha value is -0.610. The maximum Gasteiger partial charge on any atom is 0.320 e. The Balaban J connectivity index is 2.69. The van der Waals surface area contributed by atoms with Gasteiger partial charge < -0.3 is 10.2 Å². The van der Waals surface area contributed by atoms with Gasteiger partial charge in [0.1, 0.15) is 6.04 Å². The summed E-state index contributed by atoms with van der Waals surface area (Å²) in [7, 11) is 0. The van der Waals surface area contributed by atoms with Crippen molar-refractivity contribution in [2.45, 2.75) is 51.3 Å². The van der Waals surface area contributed by atoms with E-state index in [-0.39, 0.29) is 6.04 Å². The van der Waals surface area contributed by atoms with E-state index in [1.165, 1.54) is 0 Å². The largest absolute Gasteiger partial charge is 0.480 e. The highest BCUT2D eigenvalue weighted by Gasteiger charge is 2.35. The molecule has 1 heterocycles. The first-order chi connectivity index (χ1) is 6.57. The highest BCUT2D eigenvalue weighted by Crippen LogP contribution is 2.24. The third-order valence-electron chi connectivity index (χ3n) is 2.97. The first-order valence-electron chi connectivity index (χ1n) is 5.24. The summed E-state index contributed by atoms with van der Waals surface area (Å²) in [5, 5.41) is 18.5. The fourth-order valence-corrected chi connectivity index (χ4v) is 2.27. The fraction of sp³-hybridized carbons (Fsp3) is 0.900. The number of likely N-dealkylation sites (tertiary alicyclic amines) is 1. The number of hydrogen-bond donors (Lipinski definition) is 2. The van der Waals surface area contributed by atoms with Crippen LogP contribution >= 0.6 is 0 Å². The molecule has 1 aliphatic rings. The van der Waals surface area contributed by atoms with E-state index in [1.807, 2.05) is 11.8 Å². The van der Waals surface area contributed by atoms with Crippen LogP contribution in [0.2, 0.25) is 0 Å². The Morgan fingerprint density at radius 2 is 2.29 bits per heavy atom. The standard InChI is InChI=1S/C10H19NO3/c1-3-8(10(13)14)11-6-4-5-9(11)7(2)12/h7-9,12H,3-6H2,1-2H3,(H,13,14)/t7-,8-,9-/m1/s1. The molecule has 3 atom stereocenters. The van der Waals surface area contributed by atoms with Gasteiger partial charge in [-0.3, -0.25) is 9.69 Å². The Bertz CT molecular complexity index is 206. The number of nitrogens with zero attached hydrogens (tertiary/aromatic N) is 1. The minimum atomic E-state index is -0.778. The van der Waals surface area contributed by atoms with Crippen molar-refractivity contribution >= 4 is 5.97 Å². The van der Waals surface area contributed by atoms with Crippen molar-refractivity contribution < 1.29 is 15.0 Å². The molecule has 0 aromatic rings. The minimum Gasteiger partial charge on any atom is -0.480 e. The smallest absolute Gasteiger partial charge is 0.320 e. The van der Waals surface area contributed by atoms with Crippen molar-refractivity contribution in [1.82, 2.24) is 4.90 Å². The van der Waals surface area contributed by atoms with E-state index in [2.05, 4.69) is 0 Å². The number of aliphatic hydroxyl groups is 1. The van der Waals surface area contributed by atoms with Crippen LogP contribution in [0, 0.1) is 0 Å². The average molecular weight is 201 g/mol. The summed E-state index contributed by atoms with van der Waals surface area (Å²) in [6, 6.07) is -0.409. The molecule has 1 fully saturated rings. The van der Waals surface area contributed by atoms with Crippen LogP contribution in [-0.2, 0) is 4.79 Å². The van der Waals surface area contributed by atoms with Gasteiger partial charge >= 0.3 is 5.97 Å². The summed E-state index contributed by atoms with van der Waals surface area (Å²) in [5.74, 6) is -0.778. The number of rotatable bonds is 4. The summed E-state index contributed by atoms with van der Waals surface area (Å²) >= 11 is 0. The molecule has 1 rings (SSSR count). The van der Waals surface area contributed by atoms with Crippen LogP contribution in [0.1, 0.15) is 33.1 Å². The molecule has 4 nitrogen and oxygen atoms in total. The van der Waals surface area contributed by atoms with Crippen molar-refractivity contribution in [1.29, 1.82) is 0 Å². The monoisotopic (exact) mass is 201 g/mol. The Kier molecular flexibility index (Phi) is 3.89. The van der Waals surface area contributed by atoms with E-state index in [0.717, 1.165) is 19.4 Å². The first-order valence-corrected chi connectivity index (χ1v) is 5.24. The second-order valence-electron chi connectivity index (χ2n) is 3.95. The maximum absolute atomic E-state index is 11.0. The number of carbonyl (C=O) groups is 1. The lowest BCUT2D eigenvalue weighted by Gasteiger charge is -2.31. The predicted molar refractivity (Wildman–Crippen MR) is 53.1 cm³/mol. The number of aliphatic carboxylic acids is 1. The highest BCUT2D eigenvalue weighted by molar-refractivity contribution is 5.73. The number of aliphatic hydroxyl groups excluding tert-OH is 1. The van der Waals surface area contributed by atoms with Crippen LogP contribution < -0.4 is 0 Å². The molecule has 1 aliphatic heterocycles. The Labute approximate surface area is 84.5 Å². The van der Waals surface area contributed by atoms with Crippen LogP contribution in [0.25, 0.3) is 0 Å². The summed E-state index contributed by atoms with van der Waals surface area (Å²) in [4.78, 5) is 12.9. The summed E-state index contributed by atoms with van der Waals surface area (Å²) in [6.45, 7) is 4.40. The highest BCUT2D eigenvalue weighted by atomic mass is 16.4. The second kappa shape index (κ2) is 4.75. The van der Waals surface area contributed by atoms with Gasteiger partial charge in [0.2, 0.25) is 0 Å². The van der Waals surface area contributed by atoms with E-state index in [1.54, 1.807) is 6.92 Å². The molecule has 0 amide bonds. The molecule has 0 aliphatic carbocycles. The van der Waals surface area contributed by atoms with Gasteiger partial charge in [-0.05, 0) is 32.7 Å². The Morgan fingerprint density at radius 3 is 2.71 bits per heavy atom. The molecule has 0 aromatic heterocycles. The van der Waals surface area contributed by atoms with Crippen LogP contribution in [0.5, 0.6) is 0 Å². The predicted octanol–water partition coefficient (Wildman–Crippen LogP) is 0.695. The van der Waals surface area contributed by atoms with Gasteiger partial charge in [-0.1, -0.05) is 6.92 Å². The number of hydrogen-bond acceptors (Lipinski definition) is 3. The third-order valence-corrected chi connectivity index (χ3v) is 2.97. The zero-order valence-electron chi connectivity index (χ0n) is 8.81. The van der Waals surface area contributed by atoms with Crippen LogP contribution in [0.4, 0.5) is 0 Å². The van der Waals surface area contributed by atoms with Gasteiger partial charge in [0.05, 0.1) is 6.10 Å². The third kappa shape index (κ3) is 2.25. The molecule has 2 N–H and O–H groups in total. The zero-order valence-corrected chi connectivity index (χ0v) is 8.81. The molecule has 0 spiro atoms. The van der Waals surface area contributed by atoms with Gasteiger partial charge in [-0.25, -0.2) is 0 Å². The lowest BCUT2D eigenvalue weighted by Crippen LogP contribution is -2.47. The van der Waals surface area contributed by atoms with Gasteiger partial charge in [0.15, 0.2) is 0 Å². The van der Waals surface area contributed by atoms with E-state index in [4.69, 9.17) is 5.11 Å². The average Bonchev–Trinajstić information content (AvgIpc) is 2.53. The summed E-state index contributed by atoms with van der Waals surface area (Å²) in [6.07, 6.45) is 2.05. The maximum atomic E-state index is 11.0. The van der Waals surface area contributed by atoms with E-state index >= 15 is 0 Å². The molecule has 4 heteroatoms. The molecular weight excluding hydrogens is 182 g/mol. The van der Waals surface area contributed by atoms with Crippen LogP contribution in [0.15, 0.2) is 0 Å². The quantitative estimate of drug-likeness (QED) is 0.702. The van der Waals surface area contributed by atoms with Crippen LogP contribution in [-0.4, -0.2) is 45.8 Å². The van der Waals surface area contributed by atoms with E-state index in [0.29, 0.717) is 6.42 Å². The van der Waals surface area contributed by atoms with Crippen molar-refractivity contribution in [2.24, 2.45) is 0 Å². The second-order valence-corrected chi connectivity index (χ2v) is 3.95. The fourth-order valence-electron chi connectivity index (χ4n) is 2.27. The molecule has 0 aromatic carbocycles.